The first-order valence-corrected chi connectivity index (χ1v) is 8.23. The van der Waals surface area contributed by atoms with E-state index < -0.39 is 12.1 Å². The lowest BCUT2D eigenvalue weighted by molar-refractivity contribution is -0.127. The first-order valence-electron chi connectivity index (χ1n) is 8.23. The Kier molecular flexibility index (Phi) is 6.17. The first-order chi connectivity index (χ1) is 11.9. The van der Waals surface area contributed by atoms with Gasteiger partial charge in [-0.25, -0.2) is 4.79 Å². The molecule has 1 unspecified atom stereocenters. The topological polar surface area (TPSA) is 75.6 Å². The summed E-state index contributed by atoms with van der Waals surface area (Å²) < 4.78 is 5.66. The number of hydrogen-bond donors (Lipinski definition) is 2. The maximum Gasteiger partial charge on any atom is 0.335 e. The smallest absolute Gasteiger partial charge is 0.335 e. The van der Waals surface area contributed by atoms with Crippen LogP contribution in [-0.4, -0.2) is 23.1 Å². The van der Waals surface area contributed by atoms with Gasteiger partial charge in [0.15, 0.2) is 6.10 Å². The zero-order chi connectivity index (χ0) is 18.4. The van der Waals surface area contributed by atoms with E-state index in [9.17, 15) is 9.59 Å². The molecule has 0 aliphatic carbocycles. The number of hydrogen-bond acceptors (Lipinski definition) is 3. The van der Waals surface area contributed by atoms with Crippen molar-refractivity contribution >= 4 is 11.9 Å². The van der Waals surface area contributed by atoms with Gasteiger partial charge >= 0.3 is 5.97 Å². The van der Waals surface area contributed by atoms with Gasteiger partial charge in [-0.15, -0.1) is 0 Å². The Labute approximate surface area is 147 Å². The maximum absolute atomic E-state index is 12.2. The van der Waals surface area contributed by atoms with E-state index in [1.807, 2.05) is 24.3 Å². The molecule has 2 rings (SSSR count). The fourth-order valence-corrected chi connectivity index (χ4v) is 2.34. The molecule has 1 atom stereocenters. The van der Waals surface area contributed by atoms with Crippen LogP contribution < -0.4 is 10.1 Å². The third-order valence-corrected chi connectivity index (χ3v) is 3.87. The Hall–Kier alpha value is -2.82. The minimum atomic E-state index is -0.991. The maximum atomic E-state index is 12.2. The summed E-state index contributed by atoms with van der Waals surface area (Å²) in [5, 5.41) is 11.7. The van der Waals surface area contributed by atoms with Gasteiger partial charge in [0.05, 0.1) is 5.56 Å². The normalized spacial score (nSPS) is 11.8. The van der Waals surface area contributed by atoms with E-state index in [0.717, 1.165) is 5.56 Å². The average molecular weight is 341 g/mol. The summed E-state index contributed by atoms with van der Waals surface area (Å²) in [6, 6.07) is 14.2. The fourth-order valence-electron chi connectivity index (χ4n) is 2.34. The molecule has 0 radical (unpaired) electrons. The van der Waals surface area contributed by atoms with Gasteiger partial charge < -0.3 is 15.2 Å². The van der Waals surface area contributed by atoms with Gasteiger partial charge in [0.25, 0.3) is 5.91 Å². The molecule has 0 aromatic heterocycles. The van der Waals surface area contributed by atoms with Crippen molar-refractivity contribution < 1.29 is 19.4 Å². The predicted octanol–water partition coefficient (Wildman–Crippen LogP) is 3.59. The van der Waals surface area contributed by atoms with Crippen molar-refractivity contribution in [3.05, 3.63) is 65.2 Å². The van der Waals surface area contributed by atoms with Crippen LogP contribution in [0, 0.1) is 0 Å². The summed E-state index contributed by atoms with van der Waals surface area (Å²) in [6.45, 7) is 6.16. The fraction of sp³-hybridized carbons (Fsp3) is 0.300. The molecule has 0 bridgehead atoms. The van der Waals surface area contributed by atoms with Gasteiger partial charge in [-0.1, -0.05) is 38.1 Å². The van der Waals surface area contributed by atoms with Crippen LogP contribution in [0.4, 0.5) is 0 Å². The Balaban J connectivity index is 1.89. The highest BCUT2D eigenvalue weighted by atomic mass is 16.5. The summed E-state index contributed by atoms with van der Waals surface area (Å²) in [6.07, 6.45) is -0.646. The minimum absolute atomic E-state index is 0.196. The van der Waals surface area contributed by atoms with E-state index in [1.165, 1.54) is 11.6 Å². The van der Waals surface area contributed by atoms with Crippen molar-refractivity contribution in [2.24, 2.45) is 0 Å². The standard InChI is InChI=1S/C20H23NO4/c1-13(2)16-7-9-18(10-8-16)25-14(3)19(22)21-12-15-5-4-6-17(11-15)20(23)24/h4-11,13-14H,12H2,1-3H3,(H,21,22)(H,23,24). The Bertz CT molecular complexity index is 738. The second kappa shape index (κ2) is 8.33. The van der Waals surface area contributed by atoms with E-state index in [4.69, 9.17) is 9.84 Å². The largest absolute Gasteiger partial charge is 0.481 e. The molecule has 0 heterocycles. The number of carbonyl (C=O) groups excluding carboxylic acids is 1. The van der Waals surface area contributed by atoms with Crippen LogP contribution in [0.15, 0.2) is 48.5 Å². The SMILES string of the molecule is CC(Oc1ccc(C(C)C)cc1)C(=O)NCc1cccc(C(=O)O)c1. The molecule has 5 nitrogen and oxygen atoms in total. The third kappa shape index (κ3) is 5.35. The number of carbonyl (C=O) groups is 2. The van der Waals surface area contributed by atoms with Crippen LogP contribution in [0.1, 0.15) is 48.2 Å². The second-order valence-corrected chi connectivity index (χ2v) is 6.21. The van der Waals surface area contributed by atoms with Crippen molar-refractivity contribution in [2.75, 3.05) is 0 Å². The molecule has 0 saturated carbocycles. The molecule has 0 aliphatic heterocycles. The second-order valence-electron chi connectivity index (χ2n) is 6.21. The number of rotatable bonds is 7. The number of amides is 1. The molecule has 1 amide bonds. The van der Waals surface area contributed by atoms with Gasteiger partial charge in [0.2, 0.25) is 0 Å². The van der Waals surface area contributed by atoms with Crippen molar-refractivity contribution in [1.29, 1.82) is 0 Å². The molecule has 5 heteroatoms. The average Bonchev–Trinajstić information content (AvgIpc) is 2.60. The molecular formula is C20H23NO4. The van der Waals surface area contributed by atoms with Crippen molar-refractivity contribution in [3.63, 3.8) is 0 Å². The van der Waals surface area contributed by atoms with Gasteiger partial charge in [-0.3, -0.25) is 4.79 Å². The highest BCUT2D eigenvalue weighted by Gasteiger charge is 2.14. The van der Waals surface area contributed by atoms with E-state index in [1.54, 1.807) is 25.1 Å². The van der Waals surface area contributed by atoms with E-state index in [-0.39, 0.29) is 18.0 Å². The lowest BCUT2D eigenvalue weighted by Gasteiger charge is -2.15. The summed E-state index contributed by atoms with van der Waals surface area (Å²) >= 11 is 0. The Morgan fingerprint density at radius 3 is 2.36 bits per heavy atom. The van der Waals surface area contributed by atoms with Crippen molar-refractivity contribution in [2.45, 2.75) is 39.3 Å². The highest BCUT2D eigenvalue weighted by Crippen LogP contribution is 2.19. The first kappa shape index (κ1) is 18.5. The number of carboxylic acids is 1. The summed E-state index contributed by atoms with van der Waals surface area (Å²) in [4.78, 5) is 23.1. The molecule has 0 spiro atoms. The van der Waals surface area contributed by atoms with E-state index in [0.29, 0.717) is 11.7 Å². The lowest BCUT2D eigenvalue weighted by atomic mass is 10.0. The Morgan fingerprint density at radius 2 is 1.76 bits per heavy atom. The van der Waals surface area contributed by atoms with Crippen molar-refractivity contribution in [3.8, 4) is 5.75 Å². The van der Waals surface area contributed by atoms with Gasteiger partial charge in [-0.2, -0.15) is 0 Å². The van der Waals surface area contributed by atoms with Crippen LogP contribution in [0.3, 0.4) is 0 Å². The molecular weight excluding hydrogens is 318 g/mol. The number of aromatic carboxylic acids is 1. The molecule has 2 aromatic carbocycles. The molecule has 2 aromatic rings. The monoisotopic (exact) mass is 341 g/mol. The number of ether oxygens (including phenoxy) is 1. The summed E-state index contributed by atoms with van der Waals surface area (Å²) in [7, 11) is 0. The van der Waals surface area contributed by atoms with Crippen LogP contribution in [0.2, 0.25) is 0 Å². The third-order valence-electron chi connectivity index (χ3n) is 3.87. The molecule has 2 N–H and O–H groups in total. The number of nitrogens with one attached hydrogen (secondary N) is 1. The number of carboxylic acid groups (broad SMARTS) is 1. The molecule has 0 saturated heterocycles. The number of benzene rings is 2. The van der Waals surface area contributed by atoms with Crippen LogP contribution in [0.5, 0.6) is 5.75 Å². The van der Waals surface area contributed by atoms with Gasteiger partial charge in [0.1, 0.15) is 5.75 Å². The summed E-state index contributed by atoms with van der Waals surface area (Å²) in [5.41, 5.74) is 2.13. The van der Waals surface area contributed by atoms with Crippen LogP contribution in [0.25, 0.3) is 0 Å². The highest BCUT2D eigenvalue weighted by molar-refractivity contribution is 5.87. The quantitative estimate of drug-likeness (QED) is 0.807. The zero-order valence-electron chi connectivity index (χ0n) is 14.7. The summed E-state index contributed by atoms with van der Waals surface area (Å²) in [5.74, 6) is -0.167. The van der Waals surface area contributed by atoms with E-state index in [2.05, 4.69) is 19.2 Å². The minimum Gasteiger partial charge on any atom is -0.481 e. The predicted molar refractivity (Wildman–Crippen MR) is 95.9 cm³/mol. The van der Waals surface area contributed by atoms with E-state index >= 15 is 0 Å². The van der Waals surface area contributed by atoms with Crippen molar-refractivity contribution in [1.82, 2.24) is 5.32 Å². The molecule has 25 heavy (non-hydrogen) atoms. The Morgan fingerprint density at radius 1 is 1.08 bits per heavy atom. The zero-order valence-corrected chi connectivity index (χ0v) is 14.7. The molecule has 0 fully saturated rings. The lowest BCUT2D eigenvalue weighted by Crippen LogP contribution is -2.35. The molecule has 0 aliphatic rings. The van der Waals surface area contributed by atoms with Crippen LogP contribution in [-0.2, 0) is 11.3 Å². The van der Waals surface area contributed by atoms with Crippen LogP contribution >= 0.6 is 0 Å². The van der Waals surface area contributed by atoms with Gasteiger partial charge in [-0.05, 0) is 48.2 Å². The molecule has 132 valence electrons. The van der Waals surface area contributed by atoms with Gasteiger partial charge in [0, 0.05) is 6.54 Å².